The highest BCUT2D eigenvalue weighted by molar-refractivity contribution is 6.07. The molecule has 0 atom stereocenters. The van der Waals surface area contributed by atoms with Gasteiger partial charge in [-0.2, -0.15) is 5.01 Å². The molecule has 4 N–H and O–H groups in total. The van der Waals surface area contributed by atoms with E-state index in [1.54, 1.807) is 48.7 Å². The summed E-state index contributed by atoms with van der Waals surface area (Å²) < 4.78 is 4.70. The lowest BCUT2D eigenvalue weighted by atomic mass is 10.3. The van der Waals surface area contributed by atoms with Crippen LogP contribution in [0.5, 0.6) is 0 Å². The fourth-order valence-corrected chi connectivity index (χ4v) is 3.90. The molecule has 0 spiro atoms. The molecule has 222 valence electrons. The summed E-state index contributed by atoms with van der Waals surface area (Å²) in [5.74, 6) is -1.14. The predicted molar refractivity (Wildman–Crippen MR) is 157 cm³/mol. The number of aromatic nitrogens is 3. The van der Waals surface area contributed by atoms with Crippen LogP contribution >= 0.6 is 12.4 Å². The topological polar surface area (TPSA) is 167 Å². The van der Waals surface area contributed by atoms with Crippen molar-refractivity contribution in [2.75, 3.05) is 50.2 Å². The number of aryl methyl sites for hydroxylation is 3. The van der Waals surface area contributed by atoms with Crippen LogP contribution in [0.25, 0.3) is 0 Å². The number of hydrogen-bond acceptors (Lipinski definition) is 7. The lowest BCUT2D eigenvalue weighted by molar-refractivity contribution is 0.0942. The second-order valence-corrected chi connectivity index (χ2v) is 9.53. The molecule has 0 unspecified atom stereocenters. The summed E-state index contributed by atoms with van der Waals surface area (Å²) in [6.45, 7) is 1.39. The third kappa shape index (κ3) is 8.43. The Morgan fingerprint density at radius 2 is 1.15 bits per heavy atom. The first kappa shape index (κ1) is 32.6. The van der Waals surface area contributed by atoms with Gasteiger partial charge in [-0.25, -0.2) is 4.79 Å². The molecule has 0 saturated carbocycles. The molecule has 0 aliphatic rings. The minimum Gasteiger partial charge on any atom is -0.351 e. The van der Waals surface area contributed by atoms with Crippen LogP contribution in [0.15, 0.2) is 42.1 Å². The number of carbonyl (C=O) groups excluding carboxylic acids is 4. The molecule has 41 heavy (non-hydrogen) atoms. The van der Waals surface area contributed by atoms with Crippen molar-refractivity contribution in [3.05, 3.63) is 58.8 Å². The van der Waals surface area contributed by atoms with Gasteiger partial charge in [0.2, 0.25) is 0 Å². The van der Waals surface area contributed by atoms with Crippen LogP contribution in [0, 0.1) is 4.91 Å². The lowest BCUT2D eigenvalue weighted by Gasteiger charge is -2.10. The Balaban J connectivity index is 0.00000588. The zero-order valence-electron chi connectivity index (χ0n) is 23.7. The minimum absolute atomic E-state index is 0. The van der Waals surface area contributed by atoms with Crippen molar-refractivity contribution in [3.63, 3.8) is 0 Å². The first-order chi connectivity index (χ1) is 18.9. The largest absolute Gasteiger partial charge is 0.351 e. The van der Waals surface area contributed by atoms with Crippen LogP contribution in [-0.4, -0.2) is 81.6 Å². The highest BCUT2D eigenvalue weighted by Crippen LogP contribution is 2.20. The van der Waals surface area contributed by atoms with E-state index in [0.717, 1.165) is 13.0 Å². The quantitative estimate of drug-likeness (QED) is 0.152. The lowest BCUT2D eigenvalue weighted by Crippen LogP contribution is -2.28. The van der Waals surface area contributed by atoms with E-state index in [0.29, 0.717) is 34.3 Å². The molecule has 3 aromatic heterocycles. The molecule has 3 aromatic rings. The number of anilines is 3. The maximum atomic E-state index is 13.0. The van der Waals surface area contributed by atoms with Crippen LogP contribution in [0.2, 0.25) is 0 Å². The Kier molecular flexibility index (Phi) is 11.2. The number of nitrogens with zero attached hydrogens (tertiary/aromatic N) is 6. The van der Waals surface area contributed by atoms with Gasteiger partial charge in [0.1, 0.15) is 17.1 Å². The van der Waals surface area contributed by atoms with Gasteiger partial charge in [0.25, 0.3) is 17.7 Å². The average molecular weight is 591 g/mol. The summed E-state index contributed by atoms with van der Waals surface area (Å²) in [5.41, 5.74) is 2.03. The molecule has 15 nitrogen and oxygen atoms in total. The van der Waals surface area contributed by atoms with Crippen molar-refractivity contribution < 1.29 is 19.2 Å². The van der Waals surface area contributed by atoms with E-state index >= 15 is 0 Å². The van der Waals surface area contributed by atoms with Crippen LogP contribution in [0.1, 0.15) is 37.9 Å². The van der Waals surface area contributed by atoms with Crippen LogP contribution < -0.4 is 21.3 Å². The number of nitrogens with one attached hydrogen (secondary N) is 4. The highest BCUT2D eigenvalue weighted by Gasteiger charge is 2.19. The van der Waals surface area contributed by atoms with Crippen LogP contribution in [0.3, 0.4) is 0 Å². The van der Waals surface area contributed by atoms with E-state index in [1.807, 2.05) is 19.0 Å². The summed E-state index contributed by atoms with van der Waals surface area (Å²) in [6.07, 6.45) is 5.55. The van der Waals surface area contributed by atoms with Gasteiger partial charge in [-0.1, -0.05) is 0 Å². The van der Waals surface area contributed by atoms with Gasteiger partial charge in [0.15, 0.2) is 0 Å². The standard InChI is InChI=1S/C25H34N10O5.ClH/c1-31(2)9-7-8-26-22(36)19-10-16(13-32(19)3)27-23(37)20-11-17(14-33(20)4)28-24(38)21-12-18(15-34(21)5)29-25(39)35(6)30-40;/h10-15H,7-9H2,1-6H3,(H,26,36)(H,27,37)(H,28,38)(H,29,39);1H. The molecule has 0 aliphatic carbocycles. The first-order valence-corrected chi connectivity index (χ1v) is 12.3. The smallest absolute Gasteiger partial charge is 0.344 e. The molecule has 0 aromatic carbocycles. The Bertz CT molecular complexity index is 1420. The molecule has 0 bridgehead atoms. The zero-order valence-corrected chi connectivity index (χ0v) is 24.5. The van der Waals surface area contributed by atoms with Crippen molar-refractivity contribution in [1.82, 2.24) is 28.9 Å². The van der Waals surface area contributed by atoms with E-state index in [1.165, 1.54) is 29.9 Å². The number of halogens is 1. The number of carbonyl (C=O) groups is 4. The molecule has 3 rings (SSSR count). The van der Waals surface area contributed by atoms with E-state index in [9.17, 15) is 24.1 Å². The maximum absolute atomic E-state index is 13.0. The molecular formula is C25H35ClN10O5. The van der Waals surface area contributed by atoms with E-state index in [-0.39, 0.29) is 29.7 Å². The van der Waals surface area contributed by atoms with Gasteiger partial charge in [0, 0.05) is 53.3 Å². The third-order valence-corrected chi connectivity index (χ3v) is 5.96. The van der Waals surface area contributed by atoms with Crippen LogP contribution in [-0.2, 0) is 21.1 Å². The van der Waals surface area contributed by atoms with Crippen molar-refractivity contribution in [2.45, 2.75) is 6.42 Å². The summed E-state index contributed by atoms with van der Waals surface area (Å²) in [5, 5.41) is 13.9. The van der Waals surface area contributed by atoms with Crippen molar-refractivity contribution in [1.29, 1.82) is 0 Å². The SMILES string of the molecule is CN(C)CCCNC(=O)c1cc(NC(=O)c2cc(NC(=O)c3cc(NC(=O)N(C)N=O)cn3C)cn2C)cn1C.Cl. The number of nitroso groups, excluding NO2 is 1. The number of hydrogen-bond donors (Lipinski definition) is 4. The van der Waals surface area contributed by atoms with E-state index in [4.69, 9.17) is 0 Å². The van der Waals surface area contributed by atoms with Gasteiger partial charge in [-0.3, -0.25) is 14.4 Å². The fraction of sp³-hybridized carbons (Fsp3) is 0.360. The minimum atomic E-state index is -0.752. The molecule has 0 saturated heterocycles. The summed E-state index contributed by atoms with van der Waals surface area (Å²) >= 11 is 0. The molecule has 16 heteroatoms. The normalized spacial score (nSPS) is 10.5. The summed E-state index contributed by atoms with van der Waals surface area (Å²) in [7, 11) is 10.1. The van der Waals surface area contributed by atoms with Crippen LogP contribution in [0.4, 0.5) is 21.9 Å². The number of urea groups is 1. The third-order valence-electron chi connectivity index (χ3n) is 5.96. The molecular weight excluding hydrogens is 556 g/mol. The molecule has 0 fully saturated rings. The fourth-order valence-electron chi connectivity index (χ4n) is 3.90. The number of amides is 5. The Hall–Kier alpha value is -4.63. The Morgan fingerprint density at radius 3 is 1.56 bits per heavy atom. The second-order valence-electron chi connectivity index (χ2n) is 9.53. The van der Waals surface area contributed by atoms with Gasteiger partial charge in [-0.15, -0.1) is 17.3 Å². The van der Waals surface area contributed by atoms with Crippen molar-refractivity contribution >= 4 is 53.2 Å². The second kappa shape index (κ2) is 14.1. The maximum Gasteiger partial charge on any atom is 0.344 e. The number of rotatable bonds is 11. The van der Waals surface area contributed by atoms with E-state index in [2.05, 4.69) is 26.6 Å². The zero-order chi connectivity index (χ0) is 29.6. The van der Waals surface area contributed by atoms with Gasteiger partial charge < -0.3 is 39.9 Å². The van der Waals surface area contributed by atoms with Gasteiger partial charge in [0.05, 0.1) is 22.3 Å². The predicted octanol–water partition coefficient (Wildman–Crippen LogP) is 2.46. The van der Waals surface area contributed by atoms with Crippen molar-refractivity contribution in [2.24, 2.45) is 26.4 Å². The van der Waals surface area contributed by atoms with Gasteiger partial charge >= 0.3 is 6.03 Å². The Labute approximate surface area is 243 Å². The van der Waals surface area contributed by atoms with E-state index < -0.39 is 17.8 Å². The molecule has 0 radical (unpaired) electrons. The monoisotopic (exact) mass is 590 g/mol. The molecule has 3 heterocycles. The molecule has 0 aliphatic heterocycles. The van der Waals surface area contributed by atoms with Crippen molar-refractivity contribution in [3.8, 4) is 0 Å². The summed E-state index contributed by atoms with van der Waals surface area (Å²) in [6, 6.07) is 3.80. The highest BCUT2D eigenvalue weighted by atomic mass is 35.5. The molecule has 5 amide bonds. The average Bonchev–Trinajstić information content (AvgIpc) is 3.56. The Morgan fingerprint density at radius 1 is 0.732 bits per heavy atom. The van der Waals surface area contributed by atoms with Gasteiger partial charge in [-0.05, 0) is 45.3 Å². The first-order valence-electron chi connectivity index (χ1n) is 12.3. The summed E-state index contributed by atoms with van der Waals surface area (Å²) in [4.78, 5) is 62.7.